The van der Waals surface area contributed by atoms with Crippen LogP contribution in [0.3, 0.4) is 0 Å². The van der Waals surface area contributed by atoms with Gasteiger partial charge in [-0.25, -0.2) is 19.2 Å². The van der Waals surface area contributed by atoms with E-state index in [2.05, 4.69) is 37.5 Å². The van der Waals surface area contributed by atoms with Crippen molar-refractivity contribution in [1.82, 2.24) is 30.0 Å². The van der Waals surface area contributed by atoms with Gasteiger partial charge in [-0.2, -0.15) is 5.10 Å². The van der Waals surface area contributed by atoms with Gasteiger partial charge >= 0.3 is 6.09 Å². The van der Waals surface area contributed by atoms with Gasteiger partial charge in [-0.15, -0.1) is 11.3 Å². The summed E-state index contributed by atoms with van der Waals surface area (Å²) in [6.07, 6.45) is 3.44. The van der Waals surface area contributed by atoms with E-state index in [0.29, 0.717) is 25.3 Å². The first-order valence-corrected chi connectivity index (χ1v) is 13.6. The molecule has 1 aliphatic rings. The minimum Gasteiger partial charge on any atom is -0.445 e. The third-order valence-corrected chi connectivity index (χ3v) is 7.58. The molecule has 2 aromatic carbocycles. The second-order valence-corrected chi connectivity index (χ2v) is 10.8. The number of benzene rings is 2. The maximum absolute atomic E-state index is 13.6. The van der Waals surface area contributed by atoms with E-state index in [4.69, 9.17) is 4.74 Å². The third-order valence-electron chi connectivity index (χ3n) is 6.53. The van der Waals surface area contributed by atoms with Gasteiger partial charge in [0.1, 0.15) is 18.2 Å². The number of aromatic nitrogens is 4. The zero-order valence-electron chi connectivity index (χ0n) is 21.9. The zero-order valence-corrected chi connectivity index (χ0v) is 22.7. The molecule has 0 unspecified atom stereocenters. The molecular weight excluding hydrogens is 529 g/mol. The van der Waals surface area contributed by atoms with Crippen LogP contribution in [-0.4, -0.2) is 63.5 Å². The molecule has 4 heterocycles. The number of halogens is 1. The topological polar surface area (TPSA) is 97.2 Å². The summed E-state index contributed by atoms with van der Waals surface area (Å²) < 4.78 is 21.8. The highest BCUT2D eigenvalue weighted by Crippen LogP contribution is 2.31. The Morgan fingerprint density at radius 2 is 2.15 bits per heavy atom. The summed E-state index contributed by atoms with van der Waals surface area (Å²) in [5.74, 6) is 6.93. The van der Waals surface area contributed by atoms with Crippen LogP contribution >= 0.6 is 11.3 Å². The van der Waals surface area contributed by atoms with Crippen LogP contribution in [0.4, 0.5) is 20.7 Å². The molecule has 0 aliphatic carbocycles. The van der Waals surface area contributed by atoms with Crippen LogP contribution in [0.5, 0.6) is 0 Å². The highest BCUT2D eigenvalue weighted by Gasteiger charge is 2.26. The lowest BCUT2D eigenvalue weighted by atomic mass is 10.2. The van der Waals surface area contributed by atoms with Crippen molar-refractivity contribution in [3.63, 3.8) is 0 Å². The monoisotopic (exact) mass is 555 g/mol. The number of carbonyl (C=O) groups is 1. The van der Waals surface area contributed by atoms with E-state index in [1.54, 1.807) is 26.4 Å². The molecule has 2 N–H and O–H groups in total. The number of hydrogen-bond acceptors (Lipinski definition) is 8. The molecule has 5 aromatic rings. The fourth-order valence-corrected chi connectivity index (χ4v) is 5.47. The summed E-state index contributed by atoms with van der Waals surface area (Å²) in [4.78, 5) is 23.0. The second-order valence-electron chi connectivity index (χ2n) is 9.74. The first-order chi connectivity index (χ1) is 19.4. The molecule has 40 heavy (non-hydrogen) atoms. The largest absolute Gasteiger partial charge is 0.445 e. The quantitative estimate of drug-likeness (QED) is 0.302. The van der Waals surface area contributed by atoms with Crippen LogP contribution in [-0.2, 0) is 11.3 Å². The van der Waals surface area contributed by atoms with Crippen molar-refractivity contribution in [2.45, 2.75) is 25.1 Å². The minimum absolute atomic E-state index is 0.0533. The standard InChI is InChI=1S/C29H26FN7O2S/c1-36(2)29(38)39-23-12-21(31-15-23)6-8-24-13-25-27(40-24)28(33-17-32-25)35-22-7-9-26-19(11-22)14-34-37(26)16-18-4-3-5-20(30)10-18/h3-5,7,9-11,13-14,17,21,23,31H,12,15-16H2,1-2H3,(H,32,33,35)/t21-,23-/m0/s1. The predicted octanol–water partition coefficient (Wildman–Crippen LogP) is 4.75. The van der Waals surface area contributed by atoms with Gasteiger partial charge in [-0.1, -0.05) is 24.0 Å². The molecule has 1 amide bonds. The lowest BCUT2D eigenvalue weighted by Crippen LogP contribution is -2.29. The molecule has 0 bridgehead atoms. The Bertz CT molecular complexity index is 1770. The molecule has 0 radical (unpaired) electrons. The minimum atomic E-state index is -0.347. The summed E-state index contributed by atoms with van der Waals surface area (Å²) in [6, 6.07) is 14.4. The van der Waals surface area contributed by atoms with Crippen LogP contribution in [0.2, 0.25) is 0 Å². The normalized spacial score (nSPS) is 16.6. The number of carbonyl (C=O) groups excluding carboxylic acids is 1. The maximum atomic E-state index is 13.6. The van der Waals surface area contributed by atoms with Crippen LogP contribution < -0.4 is 10.6 Å². The highest BCUT2D eigenvalue weighted by molar-refractivity contribution is 7.20. The van der Waals surface area contributed by atoms with Crippen molar-refractivity contribution in [1.29, 1.82) is 0 Å². The maximum Gasteiger partial charge on any atom is 0.409 e. The molecule has 0 spiro atoms. The van der Waals surface area contributed by atoms with Gasteiger partial charge in [0.05, 0.1) is 39.4 Å². The predicted molar refractivity (Wildman–Crippen MR) is 153 cm³/mol. The van der Waals surface area contributed by atoms with Gasteiger partial charge < -0.3 is 15.0 Å². The molecule has 1 saturated heterocycles. The lowest BCUT2D eigenvalue weighted by Gasteiger charge is -2.15. The van der Waals surface area contributed by atoms with E-state index in [1.807, 2.05) is 35.0 Å². The van der Waals surface area contributed by atoms with Crippen molar-refractivity contribution in [3.05, 3.63) is 77.3 Å². The molecule has 3 aromatic heterocycles. The van der Waals surface area contributed by atoms with Gasteiger partial charge in [0, 0.05) is 38.1 Å². The number of fused-ring (bicyclic) bond motifs is 2. The van der Waals surface area contributed by atoms with Gasteiger partial charge in [-0.05, 0) is 42.0 Å². The van der Waals surface area contributed by atoms with Gasteiger partial charge in [0.25, 0.3) is 0 Å². The van der Waals surface area contributed by atoms with E-state index in [-0.39, 0.29) is 24.1 Å². The fraction of sp³-hybridized carbons (Fsp3) is 0.241. The fourth-order valence-electron chi connectivity index (χ4n) is 4.55. The number of nitrogens with zero attached hydrogens (tertiary/aromatic N) is 5. The number of amides is 1. The first kappa shape index (κ1) is 25.7. The molecule has 6 rings (SSSR count). The van der Waals surface area contributed by atoms with Gasteiger partial charge in [-0.3, -0.25) is 10.00 Å². The molecule has 1 aliphatic heterocycles. The first-order valence-electron chi connectivity index (χ1n) is 12.8. The Hall–Kier alpha value is -4.53. The SMILES string of the molecule is CN(C)C(=O)O[C@@H]1CN[C@@H](C#Cc2cc3ncnc(Nc4ccc5c(cnn5Cc5cccc(F)c5)c4)c3s2)C1. The number of ether oxygens (including phenoxy) is 1. The molecule has 2 atom stereocenters. The summed E-state index contributed by atoms with van der Waals surface area (Å²) in [5.41, 5.74) is 3.49. The molecular formula is C29H26FN7O2S. The molecule has 0 saturated carbocycles. The Kier molecular flexibility index (Phi) is 7.02. The van der Waals surface area contributed by atoms with Gasteiger partial charge in [0.2, 0.25) is 0 Å². The molecule has 1 fully saturated rings. The van der Waals surface area contributed by atoms with Crippen LogP contribution in [0.25, 0.3) is 21.1 Å². The average Bonchev–Trinajstić information content (AvgIpc) is 3.66. The Morgan fingerprint density at radius 3 is 3.00 bits per heavy atom. The Labute approximate surface area is 234 Å². The van der Waals surface area contributed by atoms with Crippen molar-refractivity contribution in [2.75, 3.05) is 26.0 Å². The van der Waals surface area contributed by atoms with Crippen LogP contribution in [0, 0.1) is 17.7 Å². The summed E-state index contributed by atoms with van der Waals surface area (Å²) in [5, 5.41) is 12.2. The number of thiophene rings is 1. The number of rotatable bonds is 5. The summed E-state index contributed by atoms with van der Waals surface area (Å²) in [7, 11) is 3.33. The van der Waals surface area contributed by atoms with E-state index < -0.39 is 0 Å². The molecule has 11 heteroatoms. The van der Waals surface area contributed by atoms with Crippen molar-refractivity contribution in [3.8, 4) is 11.8 Å². The van der Waals surface area contributed by atoms with Crippen LogP contribution in [0.1, 0.15) is 16.9 Å². The van der Waals surface area contributed by atoms with E-state index in [1.165, 1.54) is 34.7 Å². The second kappa shape index (κ2) is 10.9. The van der Waals surface area contributed by atoms with Crippen molar-refractivity contribution in [2.24, 2.45) is 0 Å². The van der Waals surface area contributed by atoms with E-state index in [9.17, 15) is 9.18 Å². The third kappa shape index (κ3) is 5.59. The molecule has 202 valence electrons. The van der Waals surface area contributed by atoms with Crippen LogP contribution in [0.15, 0.2) is 61.1 Å². The number of hydrogen-bond donors (Lipinski definition) is 2. The zero-order chi connectivity index (χ0) is 27.6. The van der Waals surface area contributed by atoms with Gasteiger partial charge in [0.15, 0.2) is 5.82 Å². The van der Waals surface area contributed by atoms with Crippen molar-refractivity contribution >= 4 is 50.1 Å². The molecule has 9 nitrogen and oxygen atoms in total. The smallest absolute Gasteiger partial charge is 0.409 e. The van der Waals surface area contributed by atoms with E-state index >= 15 is 0 Å². The Morgan fingerprint density at radius 1 is 1.25 bits per heavy atom. The highest BCUT2D eigenvalue weighted by atomic mass is 32.1. The lowest BCUT2D eigenvalue weighted by molar-refractivity contribution is 0.0826. The van der Waals surface area contributed by atoms with E-state index in [0.717, 1.165) is 37.2 Å². The number of nitrogens with one attached hydrogen (secondary N) is 2. The Balaban J connectivity index is 1.16. The number of anilines is 2. The van der Waals surface area contributed by atoms with Crippen molar-refractivity contribution < 1.29 is 13.9 Å². The summed E-state index contributed by atoms with van der Waals surface area (Å²) in [6.45, 7) is 1.07. The average molecular weight is 556 g/mol. The summed E-state index contributed by atoms with van der Waals surface area (Å²) >= 11 is 1.52.